The van der Waals surface area contributed by atoms with E-state index < -0.39 is 0 Å². The summed E-state index contributed by atoms with van der Waals surface area (Å²) in [5.41, 5.74) is 1.64. The molecule has 0 heterocycles. The van der Waals surface area contributed by atoms with Crippen molar-refractivity contribution in [2.24, 2.45) is 11.8 Å². The summed E-state index contributed by atoms with van der Waals surface area (Å²) >= 11 is 0. The zero-order chi connectivity index (χ0) is 15.2. The van der Waals surface area contributed by atoms with Gasteiger partial charge in [0.15, 0.2) is 0 Å². The SMILES string of the molecule is COc1cc(C#N)ccc1NC1CCCC(C(C)C)CC1. The number of nitrogens with zero attached hydrogens (tertiary/aromatic N) is 1. The van der Waals surface area contributed by atoms with E-state index in [1.54, 1.807) is 13.2 Å². The lowest BCUT2D eigenvalue weighted by Crippen LogP contribution is -2.19. The van der Waals surface area contributed by atoms with Crippen LogP contribution in [0.25, 0.3) is 0 Å². The Bertz CT molecular complexity index is 504. The Morgan fingerprint density at radius 2 is 2.05 bits per heavy atom. The maximum Gasteiger partial charge on any atom is 0.143 e. The minimum absolute atomic E-state index is 0.510. The number of benzene rings is 1. The van der Waals surface area contributed by atoms with Crippen molar-refractivity contribution in [1.82, 2.24) is 0 Å². The second-order valence-corrected chi connectivity index (χ2v) is 6.38. The van der Waals surface area contributed by atoms with Crippen LogP contribution < -0.4 is 10.1 Å². The van der Waals surface area contributed by atoms with E-state index in [-0.39, 0.29) is 0 Å². The van der Waals surface area contributed by atoms with Gasteiger partial charge in [0.1, 0.15) is 5.75 Å². The highest BCUT2D eigenvalue weighted by molar-refractivity contribution is 5.59. The summed E-state index contributed by atoms with van der Waals surface area (Å²) in [6, 6.07) is 8.27. The molecule has 0 amide bonds. The molecule has 1 fully saturated rings. The van der Waals surface area contributed by atoms with Crippen molar-refractivity contribution in [1.29, 1.82) is 5.26 Å². The zero-order valence-electron chi connectivity index (χ0n) is 13.4. The van der Waals surface area contributed by atoms with Gasteiger partial charge >= 0.3 is 0 Å². The average molecular weight is 286 g/mol. The first-order chi connectivity index (χ1) is 10.1. The van der Waals surface area contributed by atoms with E-state index in [1.807, 2.05) is 12.1 Å². The van der Waals surface area contributed by atoms with Gasteiger partial charge in [0, 0.05) is 12.1 Å². The molecule has 1 saturated carbocycles. The first kappa shape index (κ1) is 15.7. The molecule has 0 radical (unpaired) electrons. The smallest absolute Gasteiger partial charge is 0.143 e. The topological polar surface area (TPSA) is 45.0 Å². The summed E-state index contributed by atoms with van der Waals surface area (Å²) < 4.78 is 5.41. The van der Waals surface area contributed by atoms with Gasteiger partial charge in [-0.05, 0) is 43.2 Å². The average Bonchev–Trinajstić information content (AvgIpc) is 2.73. The molecule has 0 spiro atoms. The van der Waals surface area contributed by atoms with Crippen LogP contribution in [0.1, 0.15) is 51.5 Å². The van der Waals surface area contributed by atoms with E-state index in [2.05, 4.69) is 25.2 Å². The molecule has 2 rings (SSSR count). The number of hydrogen-bond acceptors (Lipinski definition) is 3. The number of methoxy groups -OCH3 is 1. The summed E-state index contributed by atoms with van der Waals surface area (Å²) in [5.74, 6) is 2.41. The van der Waals surface area contributed by atoms with Gasteiger partial charge in [-0.3, -0.25) is 0 Å². The fourth-order valence-electron chi connectivity index (χ4n) is 3.24. The van der Waals surface area contributed by atoms with Crippen LogP contribution in [0.3, 0.4) is 0 Å². The van der Waals surface area contributed by atoms with Crippen molar-refractivity contribution in [2.45, 2.75) is 52.0 Å². The lowest BCUT2D eigenvalue weighted by molar-refractivity contribution is 0.341. The molecule has 1 aromatic carbocycles. The molecule has 1 aromatic rings. The predicted octanol–water partition coefficient (Wildman–Crippen LogP) is 4.58. The Labute approximate surface area is 128 Å². The van der Waals surface area contributed by atoms with E-state index in [1.165, 1.54) is 32.1 Å². The molecule has 1 N–H and O–H groups in total. The lowest BCUT2D eigenvalue weighted by Gasteiger charge is -2.21. The van der Waals surface area contributed by atoms with Gasteiger partial charge in [0.25, 0.3) is 0 Å². The molecular weight excluding hydrogens is 260 g/mol. The van der Waals surface area contributed by atoms with Crippen LogP contribution in [0.4, 0.5) is 5.69 Å². The Balaban J connectivity index is 2.03. The monoisotopic (exact) mass is 286 g/mol. The number of nitrogens with one attached hydrogen (secondary N) is 1. The lowest BCUT2D eigenvalue weighted by atomic mass is 9.89. The Morgan fingerprint density at radius 3 is 2.71 bits per heavy atom. The number of ether oxygens (including phenoxy) is 1. The minimum atomic E-state index is 0.510. The molecule has 0 saturated heterocycles. The van der Waals surface area contributed by atoms with Crippen LogP contribution in [-0.4, -0.2) is 13.2 Å². The molecule has 1 aliphatic carbocycles. The van der Waals surface area contributed by atoms with Crippen LogP contribution >= 0.6 is 0 Å². The molecule has 3 nitrogen and oxygen atoms in total. The Kier molecular flexibility index (Phi) is 5.50. The van der Waals surface area contributed by atoms with Crippen molar-refractivity contribution < 1.29 is 4.74 Å². The first-order valence-electron chi connectivity index (χ1n) is 7.98. The van der Waals surface area contributed by atoms with Gasteiger partial charge in [-0.2, -0.15) is 5.26 Å². The van der Waals surface area contributed by atoms with E-state index in [0.29, 0.717) is 11.6 Å². The van der Waals surface area contributed by atoms with Crippen LogP contribution in [0.2, 0.25) is 0 Å². The fraction of sp³-hybridized carbons (Fsp3) is 0.611. The number of rotatable bonds is 4. The van der Waals surface area contributed by atoms with Gasteiger partial charge in [-0.1, -0.05) is 26.7 Å². The number of hydrogen-bond donors (Lipinski definition) is 1. The molecule has 21 heavy (non-hydrogen) atoms. The molecule has 0 aromatic heterocycles. The summed E-state index contributed by atoms with van der Waals surface area (Å²) in [7, 11) is 1.66. The van der Waals surface area contributed by atoms with Crippen LogP contribution in [-0.2, 0) is 0 Å². The maximum absolute atomic E-state index is 8.96. The van der Waals surface area contributed by atoms with Crippen LogP contribution in [0.15, 0.2) is 18.2 Å². The normalized spacial score (nSPS) is 22.4. The van der Waals surface area contributed by atoms with Gasteiger partial charge in [0.2, 0.25) is 0 Å². The highest BCUT2D eigenvalue weighted by atomic mass is 16.5. The fourth-order valence-corrected chi connectivity index (χ4v) is 3.24. The standard InChI is InChI=1S/C18H26N2O/c1-13(2)15-5-4-6-16(9-8-15)20-17-10-7-14(12-19)11-18(17)21-3/h7,10-11,13,15-16,20H,4-6,8-9H2,1-3H3. The van der Waals surface area contributed by atoms with Crippen molar-refractivity contribution in [3.63, 3.8) is 0 Å². The second kappa shape index (κ2) is 7.36. The molecule has 0 bridgehead atoms. The van der Waals surface area contributed by atoms with E-state index >= 15 is 0 Å². The molecular formula is C18H26N2O. The quantitative estimate of drug-likeness (QED) is 0.824. The van der Waals surface area contributed by atoms with Crippen LogP contribution in [0, 0.1) is 23.2 Å². The molecule has 0 aliphatic heterocycles. The van der Waals surface area contributed by atoms with E-state index in [4.69, 9.17) is 10.00 Å². The Morgan fingerprint density at radius 1 is 1.24 bits per heavy atom. The first-order valence-corrected chi connectivity index (χ1v) is 7.98. The number of anilines is 1. The highest BCUT2D eigenvalue weighted by Gasteiger charge is 2.21. The van der Waals surface area contributed by atoms with Crippen molar-refractivity contribution in [3.8, 4) is 11.8 Å². The van der Waals surface area contributed by atoms with E-state index in [9.17, 15) is 0 Å². The van der Waals surface area contributed by atoms with Crippen molar-refractivity contribution in [2.75, 3.05) is 12.4 Å². The molecule has 2 unspecified atom stereocenters. The summed E-state index contributed by atoms with van der Waals surface area (Å²) in [6.45, 7) is 4.67. The zero-order valence-corrected chi connectivity index (χ0v) is 13.4. The second-order valence-electron chi connectivity index (χ2n) is 6.38. The van der Waals surface area contributed by atoms with Gasteiger partial charge < -0.3 is 10.1 Å². The summed E-state index contributed by atoms with van der Waals surface area (Å²) in [4.78, 5) is 0. The van der Waals surface area contributed by atoms with Gasteiger partial charge in [-0.15, -0.1) is 0 Å². The molecule has 3 heteroatoms. The van der Waals surface area contributed by atoms with Crippen LogP contribution in [0.5, 0.6) is 5.75 Å². The van der Waals surface area contributed by atoms with Crippen molar-refractivity contribution >= 4 is 5.69 Å². The maximum atomic E-state index is 8.96. The third kappa shape index (κ3) is 4.14. The summed E-state index contributed by atoms with van der Waals surface area (Å²) in [6.07, 6.45) is 6.37. The summed E-state index contributed by atoms with van der Waals surface area (Å²) in [5, 5.41) is 12.6. The number of nitriles is 1. The third-order valence-electron chi connectivity index (χ3n) is 4.65. The Hall–Kier alpha value is -1.69. The van der Waals surface area contributed by atoms with E-state index in [0.717, 1.165) is 23.3 Å². The highest BCUT2D eigenvalue weighted by Crippen LogP contribution is 2.32. The molecule has 2 atom stereocenters. The molecule has 1 aliphatic rings. The van der Waals surface area contributed by atoms with Gasteiger partial charge in [-0.25, -0.2) is 0 Å². The largest absolute Gasteiger partial charge is 0.495 e. The van der Waals surface area contributed by atoms with Gasteiger partial charge in [0.05, 0.1) is 24.4 Å². The predicted molar refractivity (Wildman–Crippen MR) is 86.5 cm³/mol. The molecule has 114 valence electrons. The minimum Gasteiger partial charge on any atom is -0.495 e. The third-order valence-corrected chi connectivity index (χ3v) is 4.65. The van der Waals surface area contributed by atoms with Crippen molar-refractivity contribution in [3.05, 3.63) is 23.8 Å².